The topological polar surface area (TPSA) is 155 Å². The van der Waals surface area contributed by atoms with E-state index in [1.165, 1.54) is 31.8 Å². The molecule has 14 heteroatoms. The van der Waals surface area contributed by atoms with Gasteiger partial charge in [-0.3, -0.25) is 28.8 Å². The van der Waals surface area contributed by atoms with Gasteiger partial charge in [-0.15, -0.1) is 0 Å². The number of hydrogen-bond acceptors (Lipinski definition) is 6. The number of amides is 8. The van der Waals surface area contributed by atoms with Gasteiger partial charge in [0.1, 0.15) is 31.8 Å². The molecular weight excluding hydrogens is 1050 g/mol. The van der Waals surface area contributed by atoms with Crippen LogP contribution in [0.4, 0.5) is 9.59 Å². The Hall–Kier alpha value is -5.12. The van der Waals surface area contributed by atoms with Gasteiger partial charge >= 0.3 is 44.8 Å². The van der Waals surface area contributed by atoms with Gasteiger partial charge < -0.3 is 21.3 Å². The molecule has 0 atom stereocenters. The predicted molar refractivity (Wildman–Crippen MR) is 263 cm³/mol. The summed E-state index contributed by atoms with van der Waals surface area (Å²) < 4.78 is 0. The Morgan fingerprint density at radius 3 is 0.682 bits per heavy atom. The van der Waals surface area contributed by atoms with Crippen LogP contribution in [0.5, 0.6) is 0 Å². The summed E-state index contributed by atoms with van der Waals surface area (Å²) in [6.07, 6.45) is 1.46. The number of nitrogens with one attached hydrogen (secondary N) is 2. The first kappa shape index (κ1) is 55.2. The minimum Gasteiger partial charge on any atom is -0.394 e. The van der Waals surface area contributed by atoms with Gasteiger partial charge in [-0.05, 0) is 98.5 Å². The van der Waals surface area contributed by atoms with E-state index >= 15 is 0 Å². The number of carbonyl (C=O) groups is 6. The Balaban J connectivity index is 0.000000235. The van der Waals surface area contributed by atoms with Crippen LogP contribution in [-0.4, -0.2) is 35.7 Å². The standard InChI is InChI=1S/2C18H15P.2C8H12N2O3.2Ag/c2*1-4-10-16(11-5-1)19(17-12-6-2-7-13-17)18-14-8-3-9-15-18;2*1-3-8(4-2)5(11)9-7(13)10-6(8)12;;/h2*1-15H;2*3-4H2,1-2H3,(H2,9,10,11,12,13);;/q;;;;2*+1. The quantitative estimate of drug-likeness (QED) is 0.0801. The molecule has 10 nitrogen and oxygen atoms in total. The molecule has 0 unspecified atom stereocenters. The molecule has 6 aromatic carbocycles. The number of nitrogens with zero attached hydrogens (tertiary/aromatic N) is 2. The van der Waals surface area contributed by atoms with Crippen molar-refractivity contribution in [3.63, 3.8) is 0 Å². The van der Waals surface area contributed by atoms with Crippen molar-refractivity contribution in [3.05, 3.63) is 193 Å². The normalized spacial score (nSPS) is 14.3. The maximum Gasteiger partial charge on any atom is 1.00 e. The third-order valence-electron chi connectivity index (χ3n) is 11.3. The Morgan fingerprint density at radius 1 is 0.348 bits per heavy atom. The van der Waals surface area contributed by atoms with Crippen LogP contribution < -0.4 is 42.5 Å². The molecule has 66 heavy (non-hydrogen) atoms. The summed E-state index contributed by atoms with van der Waals surface area (Å²) in [6.45, 7) is 6.91. The smallest absolute Gasteiger partial charge is 0.394 e. The van der Waals surface area contributed by atoms with E-state index in [9.17, 15) is 28.8 Å². The Kier molecular flexibility index (Phi) is 23.0. The Labute approximate surface area is 421 Å². The summed E-state index contributed by atoms with van der Waals surface area (Å²) >= 11 is 0. The average molecular weight is 1110 g/mol. The Bertz CT molecular complexity index is 2060. The maximum absolute atomic E-state index is 11.4. The Morgan fingerprint density at radius 2 is 0.530 bits per heavy atom. The number of rotatable bonds is 10. The zero-order valence-corrected chi connectivity index (χ0v) is 42.1. The van der Waals surface area contributed by atoms with Gasteiger partial charge in [0.25, 0.3) is 0 Å². The van der Waals surface area contributed by atoms with E-state index in [-0.39, 0.29) is 44.8 Å². The minimum atomic E-state index is -1.12. The van der Waals surface area contributed by atoms with E-state index in [4.69, 9.17) is 0 Å². The number of barbiturate groups is 2. The largest absolute Gasteiger partial charge is 1.00 e. The zero-order valence-electron chi connectivity index (χ0n) is 37.1. The third-order valence-corrected chi connectivity index (χ3v) is 16.8. The summed E-state index contributed by atoms with van der Waals surface area (Å²) in [6, 6.07) is 63.3. The van der Waals surface area contributed by atoms with Crippen LogP contribution in [0.25, 0.3) is 10.6 Å². The molecule has 348 valence electrons. The molecule has 8 amide bonds. The van der Waals surface area contributed by atoms with Gasteiger partial charge in [0.05, 0.1) is 26.7 Å². The second kappa shape index (κ2) is 27.5. The van der Waals surface area contributed by atoms with Crippen molar-refractivity contribution in [2.24, 2.45) is 10.8 Å². The summed E-state index contributed by atoms with van der Waals surface area (Å²) in [5.41, 5.74) is -2.23. The van der Waals surface area contributed by atoms with E-state index < -0.39 is 62.4 Å². The van der Waals surface area contributed by atoms with Crippen LogP contribution in [0.1, 0.15) is 53.4 Å². The number of urea groups is 2. The molecule has 2 N–H and O–H groups in total. The summed E-state index contributed by atoms with van der Waals surface area (Å²) in [4.78, 5) is 66.8. The van der Waals surface area contributed by atoms with Crippen molar-refractivity contribution in [2.45, 2.75) is 53.4 Å². The fraction of sp³-hybridized carbons (Fsp3) is 0.192. The monoisotopic (exact) mass is 1110 g/mol. The molecule has 0 radical (unpaired) electrons. The average Bonchev–Trinajstić information content (AvgIpc) is 3.32. The molecule has 2 fully saturated rings. The molecule has 2 aliphatic heterocycles. The van der Waals surface area contributed by atoms with E-state index in [2.05, 4.69) is 193 Å². The maximum atomic E-state index is 11.4. The second-order valence-electron chi connectivity index (χ2n) is 14.9. The molecule has 2 saturated heterocycles. The van der Waals surface area contributed by atoms with Crippen LogP contribution >= 0.6 is 15.8 Å². The number of carbonyl (C=O) groups excluding carboxylic acids is 6. The molecule has 2 heterocycles. The first-order chi connectivity index (χ1) is 31.0. The fourth-order valence-corrected chi connectivity index (χ4v) is 12.6. The van der Waals surface area contributed by atoms with Crippen LogP contribution in [0, 0.1) is 10.8 Å². The molecule has 0 spiro atoms. The summed E-state index contributed by atoms with van der Waals surface area (Å²) in [5, 5.41) is 19.1. The van der Waals surface area contributed by atoms with Crippen molar-refractivity contribution in [2.75, 3.05) is 0 Å². The molecule has 2 aliphatic rings. The summed E-state index contributed by atoms with van der Waals surface area (Å²) in [7, 11) is -1.75. The van der Waals surface area contributed by atoms with Crippen LogP contribution in [-0.2, 0) is 63.9 Å². The first-order valence-electron chi connectivity index (χ1n) is 21.3. The van der Waals surface area contributed by atoms with Crippen molar-refractivity contribution in [1.29, 1.82) is 0 Å². The molecule has 0 aliphatic carbocycles. The first-order valence-corrected chi connectivity index (χ1v) is 24.3. The number of hydrogen-bond donors (Lipinski definition) is 2. The predicted octanol–water partition coefficient (Wildman–Crippen LogP) is 8.24. The van der Waals surface area contributed by atoms with Crippen LogP contribution in [0.3, 0.4) is 0 Å². The third kappa shape index (κ3) is 14.0. The van der Waals surface area contributed by atoms with E-state index in [1.54, 1.807) is 27.7 Å². The molecule has 0 aromatic heterocycles. The van der Waals surface area contributed by atoms with E-state index in [0.29, 0.717) is 25.7 Å². The second-order valence-corrected chi connectivity index (χ2v) is 19.8. The molecular formula is C52H54Ag2N4O6P2+2. The van der Waals surface area contributed by atoms with Gasteiger partial charge in [0.15, 0.2) is 35.7 Å². The zero-order chi connectivity index (χ0) is 46.0. The van der Waals surface area contributed by atoms with Crippen LogP contribution in [0.15, 0.2) is 182 Å². The van der Waals surface area contributed by atoms with Gasteiger partial charge in [-0.1, -0.05) is 137 Å². The van der Waals surface area contributed by atoms with Crippen molar-refractivity contribution < 1.29 is 73.5 Å². The van der Waals surface area contributed by atoms with Gasteiger partial charge in [-0.25, -0.2) is 0 Å². The molecule has 0 bridgehead atoms. The van der Waals surface area contributed by atoms with Crippen molar-refractivity contribution in [1.82, 2.24) is 10.6 Å². The van der Waals surface area contributed by atoms with Crippen LogP contribution in [0.2, 0.25) is 0 Å². The molecule has 8 rings (SSSR count). The van der Waals surface area contributed by atoms with E-state index in [0.717, 1.165) is 0 Å². The number of benzene rings is 6. The van der Waals surface area contributed by atoms with E-state index in [1.807, 2.05) is 10.6 Å². The SMILES string of the molecule is CCC1(CC)C(=O)[N-]C(=O)NC1=O.CCC1(CC)C(=O)[N-]C(=O)NC1=O.[Ag+].[Ag+].c1ccc([PH+](c2ccccc2)c2ccccc2)cc1.c1ccc([PH+](c2ccccc2)c2ccccc2)cc1. The minimum absolute atomic E-state index is 0. The van der Waals surface area contributed by atoms with Gasteiger partial charge in [-0.2, -0.15) is 0 Å². The van der Waals surface area contributed by atoms with Crippen molar-refractivity contribution in [3.8, 4) is 0 Å². The van der Waals surface area contributed by atoms with Gasteiger partial charge in [0, 0.05) is 0 Å². The van der Waals surface area contributed by atoms with Crippen molar-refractivity contribution >= 4 is 83.4 Å². The summed E-state index contributed by atoms with van der Waals surface area (Å²) in [5.74, 6) is -2.29. The molecule has 6 aromatic rings. The molecule has 0 saturated carbocycles. The van der Waals surface area contributed by atoms with Gasteiger partial charge in [0.2, 0.25) is 0 Å². The number of imide groups is 4. The fourth-order valence-electron chi connectivity index (χ4n) is 7.46.